The molecule has 1 heteroatoms. The Morgan fingerprint density at radius 3 is 1.87 bits per heavy atom. The minimum atomic E-state index is 0.274. The summed E-state index contributed by atoms with van der Waals surface area (Å²) < 4.78 is 0. The molecule has 1 aromatic rings. The molecule has 30 heavy (non-hydrogen) atoms. The molecule has 2 aliphatic carbocycles. The van der Waals surface area contributed by atoms with Gasteiger partial charge in [-0.3, -0.25) is 4.90 Å². The topological polar surface area (TPSA) is 3.24 Å². The summed E-state index contributed by atoms with van der Waals surface area (Å²) in [6.07, 6.45) is 22.0. The lowest BCUT2D eigenvalue weighted by atomic mass is 9.69. The highest BCUT2D eigenvalue weighted by atomic mass is 15.2. The Morgan fingerprint density at radius 2 is 1.33 bits per heavy atom. The van der Waals surface area contributed by atoms with Gasteiger partial charge in [0.2, 0.25) is 0 Å². The van der Waals surface area contributed by atoms with Crippen molar-refractivity contribution in [2.75, 3.05) is 7.05 Å². The number of likely N-dealkylation sites (tertiary alicyclic amines) is 1. The zero-order valence-electron chi connectivity index (χ0n) is 19.6. The fraction of sp³-hybridized carbons (Fsp3) is 0.517. The van der Waals surface area contributed by atoms with E-state index < -0.39 is 0 Å². The van der Waals surface area contributed by atoms with Crippen LogP contribution < -0.4 is 0 Å². The second-order valence-corrected chi connectivity index (χ2v) is 10.9. The Hall–Kier alpha value is -1.86. The van der Waals surface area contributed by atoms with E-state index in [2.05, 4.69) is 106 Å². The zero-order valence-corrected chi connectivity index (χ0v) is 19.6. The van der Waals surface area contributed by atoms with Crippen molar-refractivity contribution in [3.05, 3.63) is 83.5 Å². The van der Waals surface area contributed by atoms with Gasteiger partial charge in [-0.2, -0.15) is 0 Å². The fourth-order valence-electron chi connectivity index (χ4n) is 5.93. The first-order valence-electron chi connectivity index (χ1n) is 11.8. The van der Waals surface area contributed by atoms with Gasteiger partial charge in [0.25, 0.3) is 0 Å². The predicted molar refractivity (Wildman–Crippen MR) is 130 cm³/mol. The Kier molecular flexibility index (Phi) is 5.95. The average Bonchev–Trinajstić information content (AvgIpc) is 3.01. The standard InChI is InChI=1S/C29H39N/c1-28(2)20-27(21-29(3,4)30(28)5)26-18-16-25(17-19-26)24-14-12-23(13-15-24)22-10-8-6-7-9-11-22/h6-15,18,22,25,27H,16-17,19-21H2,1-5H3. The quantitative estimate of drug-likeness (QED) is 0.473. The summed E-state index contributed by atoms with van der Waals surface area (Å²) >= 11 is 0. The molecule has 160 valence electrons. The highest BCUT2D eigenvalue weighted by Gasteiger charge is 2.44. The Morgan fingerprint density at radius 1 is 0.767 bits per heavy atom. The summed E-state index contributed by atoms with van der Waals surface area (Å²) in [4.78, 5) is 2.60. The molecular weight excluding hydrogens is 362 g/mol. The van der Waals surface area contributed by atoms with Crippen LogP contribution in [0.25, 0.3) is 0 Å². The van der Waals surface area contributed by atoms with Crippen molar-refractivity contribution in [2.24, 2.45) is 5.92 Å². The van der Waals surface area contributed by atoms with Crippen molar-refractivity contribution < 1.29 is 0 Å². The van der Waals surface area contributed by atoms with Crippen LogP contribution >= 0.6 is 0 Å². The average molecular weight is 402 g/mol. The van der Waals surface area contributed by atoms with Crippen LogP contribution in [0.5, 0.6) is 0 Å². The van der Waals surface area contributed by atoms with Crippen LogP contribution in [-0.2, 0) is 0 Å². The number of hydrogen-bond donors (Lipinski definition) is 0. The summed E-state index contributed by atoms with van der Waals surface area (Å²) in [6, 6.07) is 9.42. The van der Waals surface area contributed by atoms with Gasteiger partial charge in [0.05, 0.1) is 0 Å². The van der Waals surface area contributed by atoms with E-state index in [4.69, 9.17) is 0 Å². The predicted octanol–water partition coefficient (Wildman–Crippen LogP) is 7.55. The number of benzene rings is 1. The fourth-order valence-corrected chi connectivity index (χ4v) is 5.93. The van der Waals surface area contributed by atoms with E-state index in [1.807, 2.05) is 0 Å². The van der Waals surface area contributed by atoms with Crippen molar-refractivity contribution in [3.8, 4) is 0 Å². The van der Waals surface area contributed by atoms with E-state index in [9.17, 15) is 0 Å². The van der Waals surface area contributed by atoms with Crippen LogP contribution in [0.4, 0.5) is 0 Å². The molecule has 1 fully saturated rings. The molecule has 1 unspecified atom stereocenters. The third kappa shape index (κ3) is 4.42. The van der Waals surface area contributed by atoms with Crippen LogP contribution in [0.2, 0.25) is 0 Å². The molecule has 4 rings (SSSR count). The number of hydrogen-bond acceptors (Lipinski definition) is 1. The molecule has 0 amide bonds. The normalized spacial score (nSPS) is 27.1. The zero-order chi connectivity index (χ0) is 21.4. The second kappa shape index (κ2) is 8.35. The van der Waals surface area contributed by atoms with E-state index in [-0.39, 0.29) is 11.1 Å². The van der Waals surface area contributed by atoms with Gasteiger partial charge in [-0.25, -0.2) is 0 Å². The van der Waals surface area contributed by atoms with Gasteiger partial charge in [-0.15, -0.1) is 0 Å². The molecule has 1 heterocycles. The van der Waals surface area contributed by atoms with E-state index in [1.54, 1.807) is 5.57 Å². The molecule has 3 aliphatic rings. The highest BCUT2D eigenvalue weighted by molar-refractivity contribution is 5.36. The van der Waals surface area contributed by atoms with Crippen LogP contribution in [0.15, 0.2) is 72.4 Å². The Labute approximate surface area is 184 Å². The summed E-state index contributed by atoms with van der Waals surface area (Å²) in [7, 11) is 2.31. The SMILES string of the molecule is CN1C(C)(C)CC(C2=CCC(c3ccc(C4C=CC=CC=C4)cc3)CC2)CC1(C)C. The maximum absolute atomic E-state index is 2.60. The molecule has 0 aromatic heterocycles. The first kappa shape index (κ1) is 21.4. The van der Waals surface area contributed by atoms with Crippen molar-refractivity contribution in [1.29, 1.82) is 0 Å². The van der Waals surface area contributed by atoms with Gasteiger partial charge >= 0.3 is 0 Å². The van der Waals surface area contributed by atoms with E-state index in [0.29, 0.717) is 11.8 Å². The number of rotatable bonds is 3. The smallest absolute Gasteiger partial charge is 0.0204 e. The molecule has 0 bridgehead atoms. The van der Waals surface area contributed by atoms with E-state index in [1.165, 1.54) is 43.2 Å². The minimum absolute atomic E-state index is 0.274. The molecule has 0 spiro atoms. The molecule has 1 aromatic carbocycles. The van der Waals surface area contributed by atoms with E-state index >= 15 is 0 Å². The maximum atomic E-state index is 2.60. The second-order valence-electron chi connectivity index (χ2n) is 10.9. The number of piperidine rings is 1. The lowest BCUT2D eigenvalue weighted by molar-refractivity contribution is -0.0227. The lowest BCUT2D eigenvalue weighted by Crippen LogP contribution is -2.58. The molecule has 0 N–H and O–H groups in total. The van der Waals surface area contributed by atoms with Crippen molar-refractivity contribution in [1.82, 2.24) is 4.90 Å². The minimum Gasteiger partial charge on any atom is -0.296 e. The largest absolute Gasteiger partial charge is 0.296 e. The molecular formula is C29H39N. The Bertz CT molecular complexity index is 828. The molecule has 1 nitrogen and oxygen atoms in total. The molecule has 1 saturated heterocycles. The molecule has 1 atom stereocenters. The van der Waals surface area contributed by atoms with Gasteiger partial charge < -0.3 is 0 Å². The van der Waals surface area contributed by atoms with Gasteiger partial charge in [0.15, 0.2) is 0 Å². The summed E-state index contributed by atoms with van der Waals surface area (Å²) in [5.41, 5.74) is 5.18. The number of nitrogens with zero attached hydrogens (tertiary/aromatic N) is 1. The maximum Gasteiger partial charge on any atom is 0.0204 e. The molecule has 0 saturated carbocycles. The molecule has 0 radical (unpaired) electrons. The summed E-state index contributed by atoms with van der Waals surface area (Å²) in [5.74, 6) is 1.82. The highest BCUT2D eigenvalue weighted by Crippen LogP contribution is 2.46. The number of allylic oxidation sites excluding steroid dienone is 8. The van der Waals surface area contributed by atoms with Crippen LogP contribution in [-0.4, -0.2) is 23.0 Å². The van der Waals surface area contributed by atoms with Crippen molar-refractivity contribution in [3.63, 3.8) is 0 Å². The van der Waals surface area contributed by atoms with Gasteiger partial charge in [-0.05, 0) is 89.8 Å². The Balaban J connectivity index is 1.42. The lowest BCUT2D eigenvalue weighted by Gasteiger charge is -2.54. The van der Waals surface area contributed by atoms with Gasteiger partial charge in [0.1, 0.15) is 0 Å². The first-order chi connectivity index (χ1) is 14.3. The third-order valence-electron chi connectivity index (χ3n) is 8.04. The van der Waals surface area contributed by atoms with E-state index in [0.717, 1.165) is 5.92 Å². The van der Waals surface area contributed by atoms with Crippen LogP contribution in [0.3, 0.4) is 0 Å². The van der Waals surface area contributed by atoms with Crippen LogP contribution in [0, 0.1) is 5.92 Å². The van der Waals surface area contributed by atoms with Crippen molar-refractivity contribution >= 4 is 0 Å². The third-order valence-corrected chi connectivity index (χ3v) is 8.04. The monoisotopic (exact) mass is 401 g/mol. The molecule has 1 aliphatic heterocycles. The summed E-state index contributed by atoms with van der Waals surface area (Å²) in [5, 5.41) is 0. The van der Waals surface area contributed by atoms with Crippen molar-refractivity contribution in [2.45, 2.75) is 82.7 Å². The first-order valence-corrected chi connectivity index (χ1v) is 11.8. The van der Waals surface area contributed by atoms with Gasteiger partial charge in [-0.1, -0.05) is 72.4 Å². The van der Waals surface area contributed by atoms with Gasteiger partial charge in [0, 0.05) is 17.0 Å². The van der Waals surface area contributed by atoms with Crippen LogP contribution in [0.1, 0.15) is 82.8 Å². The summed E-state index contributed by atoms with van der Waals surface area (Å²) in [6.45, 7) is 9.68.